The molecular weight excluding hydrogens is 408 g/mol. The highest BCUT2D eigenvalue weighted by atomic mass is 32.1. The van der Waals surface area contributed by atoms with Crippen molar-refractivity contribution in [2.24, 2.45) is 0 Å². The molecule has 4 aromatic rings. The van der Waals surface area contributed by atoms with Crippen LogP contribution in [0.5, 0.6) is 16.7 Å². The van der Waals surface area contributed by atoms with E-state index in [4.69, 9.17) is 9.47 Å². The van der Waals surface area contributed by atoms with Crippen LogP contribution >= 0.6 is 11.3 Å². The van der Waals surface area contributed by atoms with Crippen LogP contribution in [-0.4, -0.2) is 35.0 Å². The van der Waals surface area contributed by atoms with E-state index in [0.717, 1.165) is 28.8 Å². The molecule has 1 fully saturated rings. The minimum Gasteiger partial charge on any atom is -0.467 e. The van der Waals surface area contributed by atoms with Gasteiger partial charge in [-0.3, -0.25) is 4.79 Å². The smallest absolute Gasteiger partial charge is 0.274 e. The lowest BCUT2D eigenvalue weighted by atomic mass is 10.1. The SMILES string of the molecule is O=C(c1ccc(Oc2ccccc2)cc1)N1CCC(Oc2nc3ccccc3s2)CC1. The first kappa shape index (κ1) is 19.6. The molecule has 1 saturated heterocycles. The summed E-state index contributed by atoms with van der Waals surface area (Å²) < 4.78 is 13.0. The number of nitrogens with zero attached hydrogens (tertiary/aromatic N) is 2. The molecule has 5 rings (SSSR count). The van der Waals surface area contributed by atoms with Crippen molar-refractivity contribution in [2.75, 3.05) is 13.1 Å². The van der Waals surface area contributed by atoms with E-state index in [0.29, 0.717) is 29.6 Å². The number of piperidine rings is 1. The predicted molar refractivity (Wildman–Crippen MR) is 122 cm³/mol. The highest BCUT2D eigenvalue weighted by Crippen LogP contribution is 2.30. The second kappa shape index (κ2) is 8.78. The number of rotatable bonds is 5. The van der Waals surface area contributed by atoms with Gasteiger partial charge in [-0.15, -0.1) is 0 Å². The summed E-state index contributed by atoms with van der Waals surface area (Å²) in [5.41, 5.74) is 1.64. The molecule has 0 bridgehead atoms. The molecule has 0 unspecified atom stereocenters. The lowest BCUT2D eigenvalue weighted by molar-refractivity contribution is 0.0595. The van der Waals surface area contributed by atoms with Gasteiger partial charge in [0, 0.05) is 31.5 Å². The van der Waals surface area contributed by atoms with Crippen LogP contribution in [0.4, 0.5) is 0 Å². The van der Waals surface area contributed by atoms with Crippen molar-refractivity contribution in [3.8, 4) is 16.7 Å². The monoisotopic (exact) mass is 430 g/mol. The minimum absolute atomic E-state index is 0.0460. The summed E-state index contributed by atoms with van der Waals surface area (Å²) >= 11 is 1.57. The Morgan fingerprint density at radius 2 is 1.55 bits per heavy atom. The number of ether oxygens (including phenoxy) is 2. The number of likely N-dealkylation sites (tertiary alicyclic amines) is 1. The van der Waals surface area contributed by atoms with Gasteiger partial charge in [0.05, 0.1) is 10.2 Å². The molecule has 0 aliphatic carbocycles. The van der Waals surface area contributed by atoms with Gasteiger partial charge in [-0.05, 0) is 48.5 Å². The lowest BCUT2D eigenvalue weighted by Gasteiger charge is -2.31. The van der Waals surface area contributed by atoms with Crippen molar-refractivity contribution >= 4 is 27.5 Å². The van der Waals surface area contributed by atoms with Crippen LogP contribution in [0.25, 0.3) is 10.2 Å². The van der Waals surface area contributed by atoms with E-state index in [9.17, 15) is 4.79 Å². The third kappa shape index (κ3) is 4.54. The van der Waals surface area contributed by atoms with Crippen molar-refractivity contribution in [1.29, 1.82) is 0 Å². The first-order valence-electron chi connectivity index (χ1n) is 10.4. The predicted octanol–water partition coefficient (Wildman–Crippen LogP) is 5.77. The van der Waals surface area contributed by atoms with E-state index in [1.165, 1.54) is 0 Å². The number of carbonyl (C=O) groups is 1. The van der Waals surface area contributed by atoms with E-state index in [-0.39, 0.29) is 12.0 Å². The van der Waals surface area contributed by atoms with Crippen molar-refractivity contribution in [3.05, 3.63) is 84.4 Å². The van der Waals surface area contributed by atoms with E-state index in [2.05, 4.69) is 11.1 Å². The maximum Gasteiger partial charge on any atom is 0.274 e. The normalized spacial score (nSPS) is 14.5. The van der Waals surface area contributed by atoms with Gasteiger partial charge in [0.15, 0.2) is 0 Å². The fourth-order valence-corrected chi connectivity index (χ4v) is 4.57. The zero-order chi connectivity index (χ0) is 21.0. The number of amides is 1. The topological polar surface area (TPSA) is 51.7 Å². The number of aromatic nitrogens is 1. The molecule has 0 saturated carbocycles. The minimum atomic E-state index is 0.0460. The average molecular weight is 431 g/mol. The van der Waals surface area contributed by atoms with Gasteiger partial charge in [0.2, 0.25) is 0 Å². The Hall–Kier alpha value is -3.38. The van der Waals surface area contributed by atoms with Crippen molar-refractivity contribution in [1.82, 2.24) is 9.88 Å². The van der Waals surface area contributed by atoms with Crippen LogP contribution in [0.2, 0.25) is 0 Å². The van der Waals surface area contributed by atoms with Gasteiger partial charge in [-0.25, -0.2) is 4.98 Å². The summed E-state index contributed by atoms with van der Waals surface area (Å²) in [5, 5.41) is 0.708. The second-order valence-electron chi connectivity index (χ2n) is 7.50. The summed E-state index contributed by atoms with van der Waals surface area (Å²) in [6, 6.07) is 25.0. The van der Waals surface area contributed by atoms with E-state index >= 15 is 0 Å². The molecular formula is C25H22N2O3S. The number of hydrogen-bond donors (Lipinski definition) is 0. The molecule has 31 heavy (non-hydrogen) atoms. The molecule has 0 atom stereocenters. The van der Waals surface area contributed by atoms with E-state index < -0.39 is 0 Å². The standard InChI is InChI=1S/C25H22N2O3S/c28-24(18-10-12-20(13-11-18)29-19-6-2-1-3-7-19)27-16-14-21(15-17-27)30-25-26-22-8-4-5-9-23(22)31-25/h1-13,21H,14-17H2. The van der Waals surface area contributed by atoms with Crippen LogP contribution < -0.4 is 9.47 Å². The van der Waals surface area contributed by atoms with Gasteiger partial charge in [0.1, 0.15) is 17.6 Å². The van der Waals surface area contributed by atoms with Gasteiger partial charge in [-0.1, -0.05) is 41.7 Å². The van der Waals surface area contributed by atoms with Crippen LogP contribution in [0.3, 0.4) is 0 Å². The number of benzene rings is 3. The molecule has 2 heterocycles. The first-order chi connectivity index (χ1) is 15.2. The Balaban J connectivity index is 1.16. The molecule has 0 spiro atoms. The Morgan fingerprint density at radius 3 is 2.29 bits per heavy atom. The summed E-state index contributed by atoms with van der Waals surface area (Å²) in [6.45, 7) is 1.35. The third-order valence-electron chi connectivity index (χ3n) is 5.35. The number of thiazole rings is 1. The maximum absolute atomic E-state index is 12.9. The highest BCUT2D eigenvalue weighted by molar-refractivity contribution is 7.20. The fraction of sp³-hybridized carbons (Fsp3) is 0.200. The second-order valence-corrected chi connectivity index (χ2v) is 8.49. The number of carbonyl (C=O) groups excluding carboxylic acids is 1. The quantitative estimate of drug-likeness (QED) is 0.403. The summed E-state index contributed by atoms with van der Waals surface area (Å²) in [6.07, 6.45) is 1.69. The van der Waals surface area contributed by atoms with Crippen molar-refractivity contribution in [3.63, 3.8) is 0 Å². The summed E-state index contributed by atoms with van der Waals surface area (Å²) in [4.78, 5) is 19.3. The summed E-state index contributed by atoms with van der Waals surface area (Å²) in [7, 11) is 0. The Labute approximate surface area is 184 Å². The Kier molecular flexibility index (Phi) is 5.54. The Morgan fingerprint density at radius 1 is 0.871 bits per heavy atom. The molecule has 6 heteroatoms. The zero-order valence-electron chi connectivity index (χ0n) is 16.9. The molecule has 0 radical (unpaired) electrons. The van der Waals surface area contributed by atoms with Crippen LogP contribution in [0.1, 0.15) is 23.2 Å². The lowest BCUT2D eigenvalue weighted by Crippen LogP contribution is -2.41. The average Bonchev–Trinajstić information content (AvgIpc) is 3.23. The molecule has 3 aromatic carbocycles. The van der Waals surface area contributed by atoms with Gasteiger partial charge in [-0.2, -0.15) is 0 Å². The Bertz CT molecular complexity index is 1130. The van der Waals surface area contributed by atoms with E-state index in [1.54, 1.807) is 11.3 Å². The molecule has 1 aliphatic rings. The third-order valence-corrected chi connectivity index (χ3v) is 6.28. The molecule has 1 aliphatic heterocycles. The molecule has 1 aromatic heterocycles. The van der Waals surface area contributed by atoms with Crippen molar-refractivity contribution < 1.29 is 14.3 Å². The van der Waals surface area contributed by atoms with Crippen LogP contribution in [-0.2, 0) is 0 Å². The van der Waals surface area contributed by atoms with Gasteiger partial charge in [0.25, 0.3) is 11.1 Å². The van der Waals surface area contributed by atoms with Gasteiger partial charge >= 0.3 is 0 Å². The zero-order valence-corrected chi connectivity index (χ0v) is 17.8. The molecule has 156 valence electrons. The maximum atomic E-state index is 12.9. The molecule has 5 nitrogen and oxygen atoms in total. The number of fused-ring (bicyclic) bond motifs is 1. The highest BCUT2D eigenvalue weighted by Gasteiger charge is 2.25. The van der Waals surface area contributed by atoms with Crippen molar-refractivity contribution in [2.45, 2.75) is 18.9 Å². The number of hydrogen-bond acceptors (Lipinski definition) is 5. The molecule has 0 N–H and O–H groups in total. The number of para-hydroxylation sites is 2. The first-order valence-corrected chi connectivity index (χ1v) is 11.2. The largest absolute Gasteiger partial charge is 0.467 e. The van der Waals surface area contributed by atoms with Crippen LogP contribution in [0, 0.1) is 0 Å². The fourth-order valence-electron chi connectivity index (χ4n) is 3.69. The summed E-state index contributed by atoms with van der Waals surface area (Å²) in [5.74, 6) is 1.53. The van der Waals surface area contributed by atoms with Gasteiger partial charge < -0.3 is 14.4 Å². The van der Waals surface area contributed by atoms with Crippen LogP contribution in [0.15, 0.2) is 78.9 Å². The van der Waals surface area contributed by atoms with E-state index in [1.807, 2.05) is 77.7 Å². The molecule has 1 amide bonds.